The van der Waals surface area contributed by atoms with E-state index in [-0.39, 0.29) is 23.1 Å². The molecule has 0 spiro atoms. The largest absolute Gasteiger partial charge is 0.289 e. The molecule has 0 aliphatic heterocycles. The second kappa shape index (κ2) is 19.6. The molecule has 4 nitrogen and oxygen atoms in total. The van der Waals surface area contributed by atoms with Crippen LogP contribution in [0.25, 0.3) is 0 Å². The van der Waals surface area contributed by atoms with Crippen LogP contribution in [0.5, 0.6) is 0 Å². The van der Waals surface area contributed by atoms with E-state index in [0.29, 0.717) is 63.2 Å². The number of carbonyl (C=O) groups is 4. The van der Waals surface area contributed by atoms with Crippen LogP contribution in [0.1, 0.15) is 130 Å². The van der Waals surface area contributed by atoms with Crippen molar-refractivity contribution in [1.29, 1.82) is 0 Å². The van der Waals surface area contributed by atoms with Crippen LogP contribution in [0.3, 0.4) is 0 Å². The number of hydrogen-bond acceptors (Lipinski definition) is 6. The summed E-state index contributed by atoms with van der Waals surface area (Å²) in [6.07, 6.45) is 0. The molecule has 0 radical (unpaired) electrons. The Kier molecular flexibility index (Phi) is 14.5. The van der Waals surface area contributed by atoms with Crippen LogP contribution >= 0.6 is 55.4 Å². The predicted molar refractivity (Wildman–Crippen MR) is 279 cm³/mol. The standard InChI is InChI=1S/C58H52Br2O4S2/c1-29-17-33(5)51(34(6)18-29)55(61)43-27-49(45(25-47(43)59)57(63)53-37(9)21-31(3)22-38(53)10)65-41-13-15-42(16-14-41)66-50-28-44(56(62)52-35(7)19-30(2)20-36(52)8)48(60)26-46(50)58(64)54-39(11)23-32(4)24-40(54)12/h13-28H,1-12H3. The summed E-state index contributed by atoms with van der Waals surface area (Å²) in [6.45, 7) is 23.8. The average Bonchev–Trinajstić information content (AvgIpc) is 3.20. The van der Waals surface area contributed by atoms with E-state index >= 15 is 0 Å². The highest BCUT2D eigenvalue weighted by Gasteiger charge is 2.27. The number of benzene rings is 7. The zero-order chi connectivity index (χ0) is 48.0. The van der Waals surface area contributed by atoms with Crippen LogP contribution in [0.15, 0.2) is 126 Å². The van der Waals surface area contributed by atoms with Crippen LogP contribution in [0.2, 0.25) is 0 Å². The number of rotatable bonds is 12. The first-order chi connectivity index (χ1) is 31.1. The summed E-state index contributed by atoms with van der Waals surface area (Å²) in [5.74, 6) is -0.466. The minimum Gasteiger partial charge on any atom is -0.289 e. The summed E-state index contributed by atoms with van der Waals surface area (Å²) < 4.78 is 1.10. The van der Waals surface area contributed by atoms with E-state index in [9.17, 15) is 19.2 Å². The number of halogens is 2. The van der Waals surface area contributed by atoms with Crippen molar-refractivity contribution in [1.82, 2.24) is 0 Å². The maximum Gasteiger partial charge on any atom is 0.194 e. The van der Waals surface area contributed by atoms with Crippen molar-refractivity contribution in [3.8, 4) is 0 Å². The molecular weight excluding hydrogens is 985 g/mol. The van der Waals surface area contributed by atoms with Crippen LogP contribution < -0.4 is 0 Å². The van der Waals surface area contributed by atoms with Gasteiger partial charge in [0.05, 0.1) is 0 Å². The molecule has 8 heteroatoms. The Balaban J connectivity index is 1.31. The molecule has 0 saturated heterocycles. The molecule has 334 valence electrons. The highest BCUT2D eigenvalue weighted by Crippen LogP contribution is 2.41. The number of carbonyl (C=O) groups excluding carboxylic acids is 4. The van der Waals surface area contributed by atoms with Gasteiger partial charge in [-0.25, -0.2) is 0 Å². The first-order valence-electron chi connectivity index (χ1n) is 21.8. The fourth-order valence-electron chi connectivity index (χ4n) is 9.50. The molecule has 66 heavy (non-hydrogen) atoms. The molecule has 0 heterocycles. The van der Waals surface area contributed by atoms with E-state index in [1.165, 1.54) is 23.5 Å². The molecular formula is C58H52Br2O4S2. The molecule has 0 aromatic heterocycles. The number of ketones is 4. The van der Waals surface area contributed by atoms with Gasteiger partial charge in [-0.15, -0.1) is 0 Å². The lowest BCUT2D eigenvalue weighted by Crippen LogP contribution is -2.12. The van der Waals surface area contributed by atoms with Crippen molar-refractivity contribution in [2.24, 2.45) is 0 Å². The lowest BCUT2D eigenvalue weighted by molar-refractivity contribution is 0.102. The van der Waals surface area contributed by atoms with E-state index in [1.54, 1.807) is 12.1 Å². The predicted octanol–water partition coefficient (Wildman–Crippen LogP) is 16.1. The topological polar surface area (TPSA) is 68.3 Å². The van der Waals surface area contributed by atoms with E-state index in [1.807, 2.05) is 168 Å². The van der Waals surface area contributed by atoms with E-state index in [0.717, 1.165) is 76.6 Å². The molecule has 7 aromatic carbocycles. The summed E-state index contributed by atoms with van der Waals surface area (Å²) in [4.78, 5) is 61.1. The Labute approximate surface area is 414 Å². The van der Waals surface area contributed by atoms with Crippen LogP contribution in [-0.4, -0.2) is 23.1 Å². The van der Waals surface area contributed by atoms with Gasteiger partial charge in [0.15, 0.2) is 23.1 Å². The van der Waals surface area contributed by atoms with Crippen LogP contribution in [0.4, 0.5) is 0 Å². The highest BCUT2D eigenvalue weighted by atomic mass is 79.9. The van der Waals surface area contributed by atoms with E-state index in [4.69, 9.17) is 0 Å². The zero-order valence-electron chi connectivity index (χ0n) is 39.4. The fraction of sp³-hybridized carbons (Fsp3) is 0.207. The van der Waals surface area contributed by atoms with Crippen LogP contribution in [-0.2, 0) is 0 Å². The van der Waals surface area contributed by atoms with Crippen molar-refractivity contribution in [3.63, 3.8) is 0 Å². The fourth-order valence-corrected chi connectivity index (χ4v) is 12.5. The second-order valence-corrected chi connectivity index (χ2v) is 21.7. The molecule has 0 aliphatic rings. The Morgan fingerprint density at radius 1 is 0.318 bits per heavy atom. The Bertz CT molecular complexity index is 2890. The van der Waals surface area contributed by atoms with Crippen molar-refractivity contribution < 1.29 is 19.2 Å². The summed E-state index contributed by atoms with van der Waals surface area (Å²) in [6, 6.07) is 31.4. The average molecular weight is 1040 g/mol. The van der Waals surface area contributed by atoms with Crippen molar-refractivity contribution in [2.75, 3.05) is 0 Å². The molecule has 0 amide bonds. The zero-order valence-corrected chi connectivity index (χ0v) is 44.2. The summed E-state index contributed by atoms with van der Waals surface area (Å²) in [5.41, 5.74) is 16.0. The molecule has 0 saturated carbocycles. The third-order valence-electron chi connectivity index (χ3n) is 12.0. The molecule has 0 bridgehead atoms. The minimum absolute atomic E-state index is 0.116. The molecule has 0 fully saturated rings. The van der Waals surface area contributed by atoms with Gasteiger partial charge in [-0.3, -0.25) is 19.2 Å². The van der Waals surface area contributed by atoms with Gasteiger partial charge >= 0.3 is 0 Å². The Morgan fingerprint density at radius 2 is 0.530 bits per heavy atom. The third-order valence-corrected chi connectivity index (χ3v) is 15.5. The van der Waals surface area contributed by atoms with Crippen molar-refractivity contribution in [3.05, 3.63) is 217 Å². The van der Waals surface area contributed by atoms with Crippen molar-refractivity contribution >= 4 is 78.5 Å². The number of hydrogen-bond donors (Lipinski definition) is 0. The normalized spacial score (nSPS) is 11.2. The molecule has 0 unspecified atom stereocenters. The minimum atomic E-state index is -0.117. The molecule has 7 aromatic rings. The summed E-state index contributed by atoms with van der Waals surface area (Å²) in [7, 11) is 0. The summed E-state index contributed by atoms with van der Waals surface area (Å²) in [5, 5.41) is 0. The lowest BCUT2D eigenvalue weighted by Gasteiger charge is -2.17. The Hall–Kier alpha value is -5.12. The SMILES string of the molecule is Cc1cc(C)c(C(=O)c2cc(Sc3ccc(Sc4cc(C(=O)c5c(C)cc(C)cc5C)c(Br)cc4C(=O)c4c(C)cc(C)cc4C)cc3)c(C(=O)c3c(C)cc(C)cc3C)cc2Br)c(C)c1. The lowest BCUT2D eigenvalue weighted by atomic mass is 9.90. The molecule has 0 atom stereocenters. The molecule has 7 rings (SSSR count). The summed E-state index contributed by atoms with van der Waals surface area (Å²) >= 11 is 10.3. The van der Waals surface area contributed by atoms with Gasteiger partial charge in [-0.2, -0.15) is 0 Å². The number of aryl methyl sites for hydroxylation is 12. The smallest absolute Gasteiger partial charge is 0.194 e. The molecule has 0 aliphatic carbocycles. The maximum atomic E-state index is 14.6. The van der Waals surface area contributed by atoms with E-state index < -0.39 is 0 Å². The van der Waals surface area contributed by atoms with Gasteiger partial charge < -0.3 is 0 Å². The third kappa shape index (κ3) is 9.94. The first kappa shape index (κ1) is 48.8. The quantitative estimate of drug-likeness (QED) is 0.114. The highest BCUT2D eigenvalue weighted by molar-refractivity contribution is 9.10. The monoisotopic (exact) mass is 1030 g/mol. The van der Waals surface area contributed by atoms with E-state index in [2.05, 4.69) is 31.9 Å². The second-order valence-electron chi connectivity index (χ2n) is 17.7. The first-order valence-corrected chi connectivity index (χ1v) is 25.0. The van der Waals surface area contributed by atoms with Gasteiger partial charge in [-0.1, -0.05) is 126 Å². The van der Waals surface area contributed by atoms with Gasteiger partial charge in [0.2, 0.25) is 0 Å². The maximum absolute atomic E-state index is 14.6. The van der Waals surface area contributed by atoms with Gasteiger partial charge in [0.1, 0.15) is 0 Å². The van der Waals surface area contributed by atoms with Crippen LogP contribution in [0, 0.1) is 83.1 Å². The van der Waals surface area contributed by atoms with Gasteiger partial charge in [-0.05, 0) is 176 Å². The van der Waals surface area contributed by atoms with Gasteiger partial charge in [0.25, 0.3) is 0 Å². The molecule has 0 N–H and O–H groups in total. The van der Waals surface area contributed by atoms with Gasteiger partial charge in [0, 0.05) is 73.0 Å². The Morgan fingerprint density at radius 3 is 0.758 bits per heavy atom. The van der Waals surface area contributed by atoms with Crippen molar-refractivity contribution in [2.45, 2.75) is 103 Å².